The van der Waals surface area contributed by atoms with Gasteiger partial charge < -0.3 is 4.42 Å². The molecular formula is C24H23OZr-. The predicted octanol–water partition coefficient (Wildman–Crippen LogP) is 7.09. The van der Waals surface area contributed by atoms with Crippen LogP contribution >= 0.6 is 0 Å². The molecule has 4 aromatic rings. The van der Waals surface area contributed by atoms with Crippen LogP contribution in [-0.4, -0.2) is 0 Å². The van der Waals surface area contributed by atoms with E-state index in [2.05, 4.69) is 94.4 Å². The fraction of sp³-hybridized carbons (Fsp3) is 0.208. The zero-order valence-corrected chi connectivity index (χ0v) is 18.2. The van der Waals surface area contributed by atoms with Crippen LogP contribution in [0.2, 0.25) is 0 Å². The first-order chi connectivity index (χ1) is 11.9. The maximum absolute atomic E-state index is 6.14. The number of aryl methyl sites for hydroxylation is 1. The summed E-state index contributed by atoms with van der Waals surface area (Å²) < 4.78 is 6.14. The Morgan fingerprint density at radius 3 is 2.27 bits per heavy atom. The minimum atomic E-state index is 0. The Bertz CT molecular complexity index is 1030. The molecule has 0 bridgehead atoms. The van der Waals surface area contributed by atoms with Crippen molar-refractivity contribution in [2.24, 2.45) is 0 Å². The van der Waals surface area contributed by atoms with Gasteiger partial charge in [0.25, 0.3) is 0 Å². The van der Waals surface area contributed by atoms with E-state index in [-0.39, 0.29) is 31.6 Å². The predicted molar refractivity (Wildman–Crippen MR) is 106 cm³/mol. The van der Waals surface area contributed by atoms with Crippen molar-refractivity contribution in [1.29, 1.82) is 0 Å². The van der Waals surface area contributed by atoms with Crippen molar-refractivity contribution in [3.8, 4) is 22.5 Å². The number of hydrogen-bond donors (Lipinski definition) is 0. The van der Waals surface area contributed by atoms with E-state index in [0.717, 1.165) is 17.1 Å². The van der Waals surface area contributed by atoms with E-state index in [1.54, 1.807) is 0 Å². The van der Waals surface area contributed by atoms with Crippen molar-refractivity contribution in [2.45, 2.75) is 33.1 Å². The second-order valence-electron chi connectivity index (χ2n) is 7.78. The average molecular weight is 419 g/mol. The summed E-state index contributed by atoms with van der Waals surface area (Å²) in [6.45, 7) is 8.70. The molecule has 1 nitrogen and oxygen atoms in total. The molecule has 0 spiro atoms. The Balaban J connectivity index is 0.00000196. The number of rotatable bonds is 2. The second kappa shape index (κ2) is 7.08. The SMILES string of the molecule is Cc1ccc2[cH-]c(-c3ccc(C(C)(C)C)o3)cc2c1-c1ccccc1.[Zr]. The number of benzene rings is 2. The van der Waals surface area contributed by atoms with Gasteiger partial charge in [0.2, 0.25) is 0 Å². The van der Waals surface area contributed by atoms with Gasteiger partial charge in [0.1, 0.15) is 0 Å². The van der Waals surface area contributed by atoms with Crippen LogP contribution in [0, 0.1) is 6.92 Å². The smallest absolute Gasteiger partial charge is 0.0980 e. The molecule has 0 amide bonds. The fourth-order valence-corrected chi connectivity index (χ4v) is 3.42. The van der Waals surface area contributed by atoms with Gasteiger partial charge in [-0.05, 0) is 30.2 Å². The number of fused-ring (bicyclic) bond motifs is 1. The van der Waals surface area contributed by atoms with Gasteiger partial charge >= 0.3 is 0 Å². The summed E-state index contributed by atoms with van der Waals surface area (Å²) in [5.41, 5.74) is 5.04. The van der Waals surface area contributed by atoms with Crippen LogP contribution in [0.5, 0.6) is 0 Å². The van der Waals surface area contributed by atoms with Gasteiger partial charge in [0.15, 0.2) is 0 Å². The van der Waals surface area contributed by atoms with Crippen LogP contribution < -0.4 is 0 Å². The first-order valence-electron chi connectivity index (χ1n) is 8.79. The van der Waals surface area contributed by atoms with E-state index in [9.17, 15) is 0 Å². The standard InChI is InChI=1S/C24H23O.Zr/c1-16-10-11-18-14-19(21-12-13-22(25-21)24(2,3)4)15-20(18)23(16)17-8-6-5-7-9-17;/h5-15H,1-4H3;/q-1;. The van der Waals surface area contributed by atoms with Crippen molar-refractivity contribution in [2.75, 3.05) is 0 Å². The molecule has 1 heterocycles. The molecule has 0 aliphatic carbocycles. The third-order valence-electron chi connectivity index (χ3n) is 4.79. The Kier molecular flexibility index (Phi) is 5.17. The third-order valence-corrected chi connectivity index (χ3v) is 4.79. The molecule has 4 rings (SSSR count). The van der Waals surface area contributed by atoms with Crippen molar-refractivity contribution in [3.63, 3.8) is 0 Å². The summed E-state index contributed by atoms with van der Waals surface area (Å²) in [4.78, 5) is 0. The second-order valence-corrected chi connectivity index (χ2v) is 7.78. The van der Waals surface area contributed by atoms with Crippen molar-refractivity contribution >= 4 is 10.8 Å². The van der Waals surface area contributed by atoms with Crippen LogP contribution in [0.4, 0.5) is 0 Å². The van der Waals surface area contributed by atoms with Crippen LogP contribution in [0.15, 0.2) is 71.1 Å². The van der Waals surface area contributed by atoms with Gasteiger partial charge in [0, 0.05) is 31.6 Å². The van der Waals surface area contributed by atoms with Crippen molar-refractivity contribution in [1.82, 2.24) is 0 Å². The molecular weight excluding hydrogens is 395 g/mol. The van der Waals surface area contributed by atoms with Gasteiger partial charge in [-0.3, -0.25) is 0 Å². The first kappa shape index (κ1) is 19.0. The van der Waals surface area contributed by atoms with E-state index < -0.39 is 0 Å². The molecule has 0 saturated heterocycles. The minimum absolute atomic E-state index is 0. The Morgan fingerprint density at radius 2 is 1.62 bits per heavy atom. The van der Waals surface area contributed by atoms with Crippen molar-refractivity contribution < 1.29 is 30.6 Å². The van der Waals surface area contributed by atoms with Crippen LogP contribution in [0.25, 0.3) is 33.2 Å². The maximum Gasteiger partial charge on any atom is 0.0980 e. The van der Waals surface area contributed by atoms with E-state index in [0.29, 0.717) is 0 Å². The van der Waals surface area contributed by atoms with Gasteiger partial charge in [-0.15, -0.1) is 29.0 Å². The van der Waals surface area contributed by atoms with Crippen LogP contribution in [0.3, 0.4) is 0 Å². The Hall–Kier alpha value is -1.79. The largest absolute Gasteiger partial charge is 0.496 e. The molecule has 130 valence electrons. The first-order valence-corrected chi connectivity index (χ1v) is 8.79. The molecule has 0 radical (unpaired) electrons. The normalized spacial score (nSPS) is 11.5. The summed E-state index contributed by atoms with van der Waals surface area (Å²) in [6.07, 6.45) is 0. The molecule has 0 aliphatic rings. The molecule has 26 heavy (non-hydrogen) atoms. The van der Waals surface area contributed by atoms with Crippen LogP contribution in [-0.2, 0) is 31.6 Å². The molecule has 0 atom stereocenters. The molecule has 0 N–H and O–H groups in total. The van der Waals surface area contributed by atoms with Crippen LogP contribution in [0.1, 0.15) is 32.1 Å². The van der Waals surface area contributed by atoms with Crippen molar-refractivity contribution in [3.05, 3.63) is 78.1 Å². The van der Waals surface area contributed by atoms with E-state index in [1.807, 2.05) is 0 Å². The molecule has 0 unspecified atom stereocenters. The van der Waals surface area contributed by atoms with E-state index in [1.165, 1.54) is 27.5 Å². The molecule has 1 aromatic heterocycles. The summed E-state index contributed by atoms with van der Waals surface area (Å²) in [5, 5.41) is 2.54. The molecule has 0 fully saturated rings. The van der Waals surface area contributed by atoms with Gasteiger partial charge in [-0.1, -0.05) is 68.3 Å². The summed E-state index contributed by atoms with van der Waals surface area (Å²) in [6, 6.07) is 23.7. The van der Waals surface area contributed by atoms with E-state index in [4.69, 9.17) is 4.42 Å². The number of furan rings is 1. The number of hydrogen-bond acceptors (Lipinski definition) is 1. The fourth-order valence-electron chi connectivity index (χ4n) is 3.42. The maximum atomic E-state index is 6.14. The Labute approximate surface area is 174 Å². The third kappa shape index (κ3) is 3.40. The molecule has 0 saturated carbocycles. The Morgan fingerprint density at radius 1 is 0.885 bits per heavy atom. The zero-order valence-electron chi connectivity index (χ0n) is 15.8. The van der Waals surface area contributed by atoms with E-state index >= 15 is 0 Å². The van der Waals surface area contributed by atoms with Gasteiger partial charge in [-0.25, -0.2) is 0 Å². The molecule has 3 aromatic carbocycles. The molecule has 2 heteroatoms. The summed E-state index contributed by atoms with van der Waals surface area (Å²) in [7, 11) is 0. The minimum Gasteiger partial charge on any atom is -0.496 e. The average Bonchev–Trinajstić information content (AvgIpc) is 3.22. The monoisotopic (exact) mass is 417 g/mol. The van der Waals surface area contributed by atoms with Gasteiger partial charge in [-0.2, -0.15) is 0 Å². The summed E-state index contributed by atoms with van der Waals surface area (Å²) >= 11 is 0. The zero-order chi connectivity index (χ0) is 17.6. The van der Waals surface area contributed by atoms with Gasteiger partial charge in [0.05, 0.1) is 11.5 Å². The quantitative estimate of drug-likeness (QED) is 0.317. The summed E-state index contributed by atoms with van der Waals surface area (Å²) in [5.74, 6) is 1.96. The topological polar surface area (TPSA) is 13.1 Å². The molecule has 0 aliphatic heterocycles.